The minimum atomic E-state index is -0.455. The number of ether oxygens (including phenoxy) is 1. The van der Waals surface area contributed by atoms with Crippen LogP contribution in [-0.2, 0) is 4.74 Å². The van der Waals surface area contributed by atoms with Crippen LogP contribution in [0.2, 0.25) is 0 Å². The first-order valence-electron chi connectivity index (χ1n) is 5.78. The van der Waals surface area contributed by atoms with Crippen molar-refractivity contribution in [3.05, 3.63) is 0 Å². The zero-order valence-corrected chi connectivity index (χ0v) is 11.5. The molecule has 0 rings (SSSR count). The van der Waals surface area contributed by atoms with E-state index in [9.17, 15) is 4.79 Å². The molecule has 0 aliphatic carbocycles. The quantitative estimate of drug-likeness (QED) is 0.809. The molecule has 16 heavy (non-hydrogen) atoms. The third kappa shape index (κ3) is 5.95. The number of amides is 1. The van der Waals surface area contributed by atoms with Gasteiger partial charge < -0.3 is 15.4 Å². The van der Waals surface area contributed by atoms with Crippen molar-refractivity contribution in [2.75, 3.05) is 13.1 Å². The van der Waals surface area contributed by atoms with Crippen molar-refractivity contribution in [2.24, 2.45) is 5.73 Å². The van der Waals surface area contributed by atoms with Gasteiger partial charge in [0.1, 0.15) is 5.60 Å². The minimum absolute atomic E-state index is 0.239. The molecule has 0 atom stereocenters. The Labute approximate surface area is 99.1 Å². The Morgan fingerprint density at radius 2 is 1.69 bits per heavy atom. The molecule has 0 heterocycles. The maximum atomic E-state index is 12.0. The summed E-state index contributed by atoms with van der Waals surface area (Å²) in [5, 5.41) is 0. The van der Waals surface area contributed by atoms with E-state index in [0.717, 1.165) is 6.42 Å². The predicted molar refractivity (Wildman–Crippen MR) is 66.4 cm³/mol. The summed E-state index contributed by atoms with van der Waals surface area (Å²) in [4.78, 5) is 13.7. The van der Waals surface area contributed by atoms with Gasteiger partial charge in [-0.3, -0.25) is 0 Å². The number of carbonyl (C=O) groups is 1. The van der Waals surface area contributed by atoms with Gasteiger partial charge in [0.25, 0.3) is 0 Å². The zero-order chi connectivity index (χ0) is 13.0. The lowest BCUT2D eigenvalue weighted by Crippen LogP contribution is -2.48. The molecular formula is C12H26N2O2. The van der Waals surface area contributed by atoms with Crippen LogP contribution in [0.25, 0.3) is 0 Å². The molecule has 96 valence electrons. The maximum absolute atomic E-state index is 12.0. The highest BCUT2D eigenvalue weighted by Crippen LogP contribution is 2.18. The fourth-order valence-corrected chi connectivity index (χ4v) is 1.27. The third-order valence-electron chi connectivity index (χ3n) is 2.01. The molecule has 0 aromatic carbocycles. The fraction of sp³-hybridized carbons (Fsp3) is 0.917. The van der Waals surface area contributed by atoms with Gasteiger partial charge in [0.2, 0.25) is 0 Å². The SMILES string of the molecule is CC(C)(C)OC(=O)N(CCCN)C(C)(C)C. The van der Waals surface area contributed by atoms with Crippen LogP contribution in [0.1, 0.15) is 48.0 Å². The molecule has 0 aromatic rings. The molecule has 0 saturated heterocycles. The Morgan fingerprint density at radius 1 is 1.19 bits per heavy atom. The molecule has 0 unspecified atom stereocenters. The summed E-state index contributed by atoms with van der Waals surface area (Å²) in [6, 6.07) is 0. The average Bonchev–Trinajstić information content (AvgIpc) is 1.98. The van der Waals surface area contributed by atoms with Crippen molar-refractivity contribution < 1.29 is 9.53 Å². The lowest BCUT2D eigenvalue weighted by atomic mass is 10.1. The maximum Gasteiger partial charge on any atom is 0.410 e. The van der Waals surface area contributed by atoms with Crippen molar-refractivity contribution in [3.63, 3.8) is 0 Å². The van der Waals surface area contributed by atoms with Gasteiger partial charge >= 0.3 is 6.09 Å². The molecule has 4 heteroatoms. The number of hydrogen-bond acceptors (Lipinski definition) is 3. The van der Waals surface area contributed by atoms with E-state index in [4.69, 9.17) is 10.5 Å². The molecule has 0 radical (unpaired) electrons. The van der Waals surface area contributed by atoms with E-state index in [-0.39, 0.29) is 11.6 Å². The first-order valence-corrected chi connectivity index (χ1v) is 5.78. The molecule has 1 amide bonds. The Morgan fingerprint density at radius 3 is 2.00 bits per heavy atom. The van der Waals surface area contributed by atoms with E-state index < -0.39 is 5.60 Å². The van der Waals surface area contributed by atoms with Crippen LogP contribution in [0, 0.1) is 0 Å². The van der Waals surface area contributed by atoms with E-state index >= 15 is 0 Å². The van der Waals surface area contributed by atoms with Gasteiger partial charge in [-0.25, -0.2) is 4.79 Å². The van der Waals surface area contributed by atoms with Crippen molar-refractivity contribution in [3.8, 4) is 0 Å². The number of nitrogens with zero attached hydrogens (tertiary/aromatic N) is 1. The molecule has 0 aliphatic heterocycles. The normalized spacial score (nSPS) is 12.4. The van der Waals surface area contributed by atoms with Gasteiger partial charge in [-0.05, 0) is 54.5 Å². The number of carbonyl (C=O) groups excluding carboxylic acids is 1. The molecule has 0 aromatic heterocycles. The van der Waals surface area contributed by atoms with Crippen molar-refractivity contribution in [2.45, 2.75) is 59.1 Å². The fourth-order valence-electron chi connectivity index (χ4n) is 1.27. The van der Waals surface area contributed by atoms with Gasteiger partial charge in [-0.15, -0.1) is 0 Å². The predicted octanol–water partition coefficient (Wildman–Crippen LogP) is 2.37. The summed E-state index contributed by atoms with van der Waals surface area (Å²) >= 11 is 0. The Bertz CT molecular complexity index is 226. The number of rotatable bonds is 3. The second-order valence-corrected chi connectivity index (χ2v) is 5.95. The lowest BCUT2D eigenvalue weighted by Gasteiger charge is -2.36. The smallest absolute Gasteiger partial charge is 0.410 e. The van der Waals surface area contributed by atoms with Crippen LogP contribution in [0.3, 0.4) is 0 Å². The highest BCUT2D eigenvalue weighted by molar-refractivity contribution is 5.69. The molecule has 4 nitrogen and oxygen atoms in total. The second-order valence-electron chi connectivity index (χ2n) is 5.95. The van der Waals surface area contributed by atoms with Crippen LogP contribution in [0.5, 0.6) is 0 Å². The van der Waals surface area contributed by atoms with Gasteiger partial charge in [0.05, 0.1) is 0 Å². The number of nitrogens with two attached hydrogens (primary N) is 1. The van der Waals surface area contributed by atoms with Crippen LogP contribution in [0.4, 0.5) is 4.79 Å². The number of hydrogen-bond donors (Lipinski definition) is 1. The van der Waals surface area contributed by atoms with Crippen molar-refractivity contribution in [1.29, 1.82) is 0 Å². The average molecular weight is 230 g/mol. The summed E-state index contributed by atoms with van der Waals surface area (Å²) in [5.41, 5.74) is 4.78. The first-order chi connectivity index (χ1) is 7.08. The van der Waals surface area contributed by atoms with Gasteiger partial charge in [-0.1, -0.05) is 0 Å². The topological polar surface area (TPSA) is 55.6 Å². The minimum Gasteiger partial charge on any atom is -0.444 e. The van der Waals surface area contributed by atoms with E-state index in [2.05, 4.69) is 0 Å². The molecule has 0 fully saturated rings. The Kier molecular flexibility index (Phi) is 5.26. The summed E-state index contributed by atoms with van der Waals surface area (Å²) in [5.74, 6) is 0. The van der Waals surface area contributed by atoms with Crippen LogP contribution >= 0.6 is 0 Å². The Balaban J connectivity index is 4.58. The molecule has 0 saturated carbocycles. The van der Waals surface area contributed by atoms with E-state index in [1.165, 1.54) is 0 Å². The zero-order valence-electron chi connectivity index (χ0n) is 11.5. The summed E-state index contributed by atoms with van der Waals surface area (Å²) in [7, 11) is 0. The second kappa shape index (κ2) is 5.53. The Hall–Kier alpha value is -0.770. The standard InChI is InChI=1S/C12H26N2O2/c1-11(2,3)14(9-7-8-13)10(15)16-12(4,5)6/h7-9,13H2,1-6H3. The van der Waals surface area contributed by atoms with E-state index in [1.54, 1.807) is 4.90 Å². The van der Waals surface area contributed by atoms with E-state index in [0.29, 0.717) is 13.1 Å². The summed E-state index contributed by atoms with van der Waals surface area (Å²) in [6.45, 7) is 12.8. The van der Waals surface area contributed by atoms with Crippen LogP contribution < -0.4 is 5.73 Å². The van der Waals surface area contributed by atoms with Gasteiger partial charge in [0.15, 0.2) is 0 Å². The first kappa shape index (κ1) is 15.2. The highest BCUT2D eigenvalue weighted by Gasteiger charge is 2.29. The summed E-state index contributed by atoms with van der Waals surface area (Å²) < 4.78 is 5.37. The van der Waals surface area contributed by atoms with Crippen molar-refractivity contribution >= 4 is 6.09 Å². The van der Waals surface area contributed by atoms with Gasteiger partial charge in [-0.2, -0.15) is 0 Å². The molecule has 0 aliphatic rings. The monoisotopic (exact) mass is 230 g/mol. The molecule has 2 N–H and O–H groups in total. The van der Waals surface area contributed by atoms with E-state index in [1.807, 2.05) is 41.5 Å². The molecule has 0 bridgehead atoms. The lowest BCUT2D eigenvalue weighted by molar-refractivity contribution is 0.00620. The largest absolute Gasteiger partial charge is 0.444 e. The third-order valence-corrected chi connectivity index (χ3v) is 2.01. The van der Waals surface area contributed by atoms with Crippen LogP contribution in [-0.4, -0.2) is 35.2 Å². The summed E-state index contributed by atoms with van der Waals surface area (Å²) in [6.07, 6.45) is 0.518. The van der Waals surface area contributed by atoms with Crippen molar-refractivity contribution in [1.82, 2.24) is 4.90 Å². The highest BCUT2D eigenvalue weighted by atomic mass is 16.6. The van der Waals surface area contributed by atoms with Crippen LogP contribution in [0.15, 0.2) is 0 Å². The molecule has 0 spiro atoms. The molecular weight excluding hydrogens is 204 g/mol. The van der Waals surface area contributed by atoms with Gasteiger partial charge in [0, 0.05) is 12.1 Å².